The van der Waals surface area contributed by atoms with Crippen LogP contribution in [0.25, 0.3) is 16.9 Å². The fraction of sp³-hybridized carbons (Fsp3) is 0.286. The Labute approximate surface area is 167 Å². The molecule has 3 aromatic heterocycles. The van der Waals surface area contributed by atoms with Crippen LogP contribution in [0.15, 0.2) is 48.9 Å². The number of imidazole rings is 1. The van der Waals surface area contributed by atoms with Gasteiger partial charge in [-0.1, -0.05) is 18.2 Å². The number of aromatic nitrogens is 6. The highest BCUT2D eigenvalue weighted by Crippen LogP contribution is 2.26. The number of nitrogens with zero attached hydrogens (tertiary/aromatic N) is 6. The number of hydrogen-bond acceptors (Lipinski definition) is 5. The minimum Gasteiger partial charge on any atom is -0.338 e. The van der Waals surface area contributed by atoms with Gasteiger partial charge in [0.05, 0.1) is 5.56 Å². The van der Waals surface area contributed by atoms with E-state index in [0.29, 0.717) is 17.6 Å². The molecule has 1 aromatic carbocycles. The van der Waals surface area contributed by atoms with Crippen molar-refractivity contribution in [3.63, 3.8) is 0 Å². The van der Waals surface area contributed by atoms with E-state index in [1.54, 1.807) is 12.5 Å². The molecule has 1 atom stereocenters. The Balaban J connectivity index is 1.39. The molecule has 1 amide bonds. The number of aromatic amines is 1. The molecule has 1 N–H and O–H groups in total. The number of amides is 1. The van der Waals surface area contributed by atoms with Gasteiger partial charge >= 0.3 is 0 Å². The predicted octanol–water partition coefficient (Wildman–Crippen LogP) is 2.87. The topological polar surface area (TPSA) is 92.6 Å². The van der Waals surface area contributed by atoms with E-state index in [0.717, 1.165) is 42.4 Å². The Morgan fingerprint density at radius 3 is 2.86 bits per heavy atom. The number of H-pyrrole nitrogens is 1. The van der Waals surface area contributed by atoms with Crippen molar-refractivity contribution in [1.29, 1.82) is 0 Å². The molecule has 29 heavy (non-hydrogen) atoms. The second-order valence-corrected chi connectivity index (χ2v) is 7.39. The van der Waals surface area contributed by atoms with Crippen LogP contribution < -0.4 is 0 Å². The van der Waals surface area contributed by atoms with Crippen LogP contribution in [0.5, 0.6) is 0 Å². The van der Waals surface area contributed by atoms with Gasteiger partial charge in [-0.15, -0.1) is 0 Å². The Morgan fingerprint density at radius 2 is 2.07 bits per heavy atom. The number of benzene rings is 1. The standard InChI is InChI=1S/C21H21N7O/c1-14-24-19(26-25-14)15-6-5-9-27(12-15)21(29)16-10-18-20(22-11-16)28(13-23-18)17-7-3-2-4-8-17/h2-4,7-8,10-11,13,15H,5-6,9,12H2,1H3,(H,24,25,26). The molecule has 1 unspecified atom stereocenters. The molecule has 1 saturated heterocycles. The molecule has 1 fully saturated rings. The number of hydrogen-bond donors (Lipinski definition) is 1. The first-order valence-corrected chi connectivity index (χ1v) is 9.76. The summed E-state index contributed by atoms with van der Waals surface area (Å²) in [5.74, 6) is 1.72. The van der Waals surface area contributed by atoms with Gasteiger partial charge in [-0.2, -0.15) is 5.10 Å². The van der Waals surface area contributed by atoms with Gasteiger partial charge in [0.1, 0.15) is 17.7 Å². The van der Waals surface area contributed by atoms with E-state index in [1.165, 1.54) is 0 Å². The number of para-hydroxylation sites is 1. The molecule has 1 aliphatic heterocycles. The van der Waals surface area contributed by atoms with Crippen LogP contribution in [0.3, 0.4) is 0 Å². The molecule has 0 spiro atoms. The predicted molar refractivity (Wildman–Crippen MR) is 108 cm³/mol. The van der Waals surface area contributed by atoms with Crippen LogP contribution in [0.4, 0.5) is 0 Å². The molecule has 4 heterocycles. The molecule has 8 heteroatoms. The summed E-state index contributed by atoms with van der Waals surface area (Å²) < 4.78 is 1.92. The van der Waals surface area contributed by atoms with Crippen molar-refractivity contribution in [3.05, 3.63) is 66.1 Å². The minimum absolute atomic E-state index is 0.0226. The van der Waals surface area contributed by atoms with Crippen molar-refractivity contribution in [3.8, 4) is 5.69 Å². The lowest BCUT2D eigenvalue weighted by atomic mass is 9.97. The zero-order chi connectivity index (χ0) is 19.8. The summed E-state index contributed by atoms with van der Waals surface area (Å²) in [4.78, 5) is 28.4. The van der Waals surface area contributed by atoms with Gasteiger partial charge < -0.3 is 4.90 Å². The first-order chi connectivity index (χ1) is 14.2. The number of likely N-dealkylation sites (tertiary alicyclic amines) is 1. The third kappa shape index (κ3) is 3.26. The SMILES string of the molecule is Cc1nc(C2CCCN(C(=O)c3cnc4c(c3)ncn4-c3ccccc3)C2)n[nH]1. The summed E-state index contributed by atoms with van der Waals surface area (Å²) in [5, 5.41) is 7.17. The highest BCUT2D eigenvalue weighted by Gasteiger charge is 2.28. The molecule has 0 bridgehead atoms. The van der Waals surface area contributed by atoms with E-state index in [9.17, 15) is 4.79 Å². The van der Waals surface area contributed by atoms with Crippen molar-refractivity contribution in [2.24, 2.45) is 0 Å². The molecule has 0 saturated carbocycles. The van der Waals surface area contributed by atoms with Gasteiger partial charge in [0.15, 0.2) is 11.5 Å². The summed E-state index contributed by atoms with van der Waals surface area (Å²) in [6.45, 7) is 3.24. The number of carbonyl (C=O) groups is 1. The second-order valence-electron chi connectivity index (χ2n) is 7.39. The van der Waals surface area contributed by atoms with Gasteiger partial charge in [-0.3, -0.25) is 14.5 Å². The van der Waals surface area contributed by atoms with Crippen LogP contribution in [0, 0.1) is 6.92 Å². The molecule has 146 valence electrons. The maximum atomic E-state index is 13.1. The third-order valence-electron chi connectivity index (χ3n) is 5.36. The second kappa shape index (κ2) is 7.12. The molecule has 5 rings (SSSR count). The van der Waals surface area contributed by atoms with Gasteiger partial charge in [-0.25, -0.2) is 15.0 Å². The van der Waals surface area contributed by atoms with E-state index in [2.05, 4.69) is 25.1 Å². The van der Waals surface area contributed by atoms with Crippen molar-refractivity contribution in [1.82, 2.24) is 34.6 Å². The summed E-state index contributed by atoms with van der Waals surface area (Å²) in [7, 11) is 0. The van der Waals surface area contributed by atoms with Gasteiger partial charge in [0.2, 0.25) is 0 Å². The Kier molecular flexibility index (Phi) is 4.31. The number of pyridine rings is 1. The number of nitrogens with one attached hydrogen (secondary N) is 1. The van der Waals surface area contributed by atoms with Gasteiger partial charge in [0.25, 0.3) is 5.91 Å². The minimum atomic E-state index is -0.0226. The molecule has 4 aromatic rings. The van der Waals surface area contributed by atoms with Crippen molar-refractivity contribution in [2.45, 2.75) is 25.7 Å². The smallest absolute Gasteiger partial charge is 0.255 e. The largest absolute Gasteiger partial charge is 0.338 e. The van der Waals surface area contributed by atoms with E-state index in [-0.39, 0.29) is 11.8 Å². The quantitative estimate of drug-likeness (QED) is 0.583. The molecular weight excluding hydrogens is 366 g/mol. The highest BCUT2D eigenvalue weighted by molar-refractivity contribution is 5.96. The van der Waals surface area contributed by atoms with Crippen molar-refractivity contribution in [2.75, 3.05) is 13.1 Å². The summed E-state index contributed by atoms with van der Waals surface area (Å²) in [6.07, 6.45) is 5.30. The summed E-state index contributed by atoms with van der Waals surface area (Å²) >= 11 is 0. The Hall–Kier alpha value is -3.55. The number of rotatable bonds is 3. The average Bonchev–Trinajstić information content (AvgIpc) is 3.40. The zero-order valence-corrected chi connectivity index (χ0v) is 16.1. The zero-order valence-electron chi connectivity index (χ0n) is 16.1. The van der Waals surface area contributed by atoms with E-state index >= 15 is 0 Å². The summed E-state index contributed by atoms with van der Waals surface area (Å²) in [5.41, 5.74) is 2.99. The van der Waals surface area contributed by atoms with Gasteiger partial charge in [-0.05, 0) is 38.0 Å². The maximum Gasteiger partial charge on any atom is 0.255 e. The van der Waals surface area contributed by atoms with Crippen molar-refractivity contribution < 1.29 is 4.79 Å². The van der Waals surface area contributed by atoms with Crippen LogP contribution >= 0.6 is 0 Å². The lowest BCUT2D eigenvalue weighted by molar-refractivity contribution is 0.0704. The molecular formula is C21H21N7O. The Morgan fingerprint density at radius 1 is 1.21 bits per heavy atom. The van der Waals surface area contributed by atoms with E-state index < -0.39 is 0 Å². The Bertz CT molecular complexity index is 1160. The normalized spacial score (nSPS) is 17.0. The number of aryl methyl sites for hydroxylation is 1. The lowest BCUT2D eigenvalue weighted by Crippen LogP contribution is -2.39. The van der Waals surface area contributed by atoms with Crippen LogP contribution in [0.2, 0.25) is 0 Å². The number of carbonyl (C=O) groups excluding carboxylic acids is 1. The van der Waals surface area contributed by atoms with E-state index in [1.807, 2.05) is 52.8 Å². The van der Waals surface area contributed by atoms with Gasteiger partial charge in [0, 0.05) is 30.9 Å². The highest BCUT2D eigenvalue weighted by atomic mass is 16.2. The number of fused-ring (bicyclic) bond motifs is 1. The van der Waals surface area contributed by atoms with Crippen molar-refractivity contribution >= 4 is 17.1 Å². The maximum absolute atomic E-state index is 13.1. The molecule has 1 aliphatic rings. The monoisotopic (exact) mass is 387 g/mol. The molecule has 8 nitrogen and oxygen atoms in total. The fourth-order valence-electron chi connectivity index (χ4n) is 3.89. The third-order valence-corrected chi connectivity index (χ3v) is 5.36. The average molecular weight is 387 g/mol. The molecule has 0 aliphatic carbocycles. The molecule has 0 radical (unpaired) electrons. The van der Waals surface area contributed by atoms with Crippen LogP contribution in [-0.4, -0.2) is 53.6 Å². The number of piperidine rings is 1. The summed E-state index contributed by atoms with van der Waals surface area (Å²) in [6, 6.07) is 11.7. The van der Waals surface area contributed by atoms with Crippen LogP contribution in [0.1, 0.15) is 40.8 Å². The van der Waals surface area contributed by atoms with Crippen LogP contribution in [-0.2, 0) is 0 Å². The fourth-order valence-corrected chi connectivity index (χ4v) is 3.89. The first kappa shape index (κ1) is 17.5. The lowest BCUT2D eigenvalue weighted by Gasteiger charge is -2.31. The first-order valence-electron chi connectivity index (χ1n) is 9.76. The van der Waals surface area contributed by atoms with E-state index in [4.69, 9.17) is 0 Å².